The number of ether oxygens (including phenoxy) is 1. The van der Waals surface area contributed by atoms with Crippen LogP contribution in [0.5, 0.6) is 0 Å². The third-order valence-electron chi connectivity index (χ3n) is 3.55. The van der Waals surface area contributed by atoms with Gasteiger partial charge in [0.15, 0.2) is 5.60 Å². The van der Waals surface area contributed by atoms with Gasteiger partial charge in [-0.3, -0.25) is 4.79 Å². The van der Waals surface area contributed by atoms with Gasteiger partial charge in [-0.15, -0.1) is 23.7 Å². The highest BCUT2D eigenvalue weighted by Crippen LogP contribution is 2.25. The standard InChI is InChI=1S/C14H21N3O4S.ClH/c1-4-21-12(18)10-8(2)16-11(22-10)9(3)17-13(19)14(20)5-6-15-7-14;/h9,15,20H,4-7H2,1-3H3,(H,17,19);1H. The number of halogens is 1. The van der Waals surface area contributed by atoms with Gasteiger partial charge in [0, 0.05) is 6.54 Å². The van der Waals surface area contributed by atoms with Crippen LogP contribution in [0.25, 0.3) is 0 Å². The molecule has 2 heterocycles. The van der Waals surface area contributed by atoms with Crippen molar-refractivity contribution >= 4 is 35.6 Å². The van der Waals surface area contributed by atoms with Gasteiger partial charge in [0.05, 0.1) is 18.3 Å². The van der Waals surface area contributed by atoms with Crippen LogP contribution >= 0.6 is 23.7 Å². The summed E-state index contributed by atoms with van der Waals surface area (Å²) < 4.78 is 4.98. The molecule has 0 aliphatic carbocycles. The number of amides is 1. The van der Waals surface area contributed by atoms with E-state index in [9.17, 15) is 14.7 Å². The molecule has 7 nitrogen and oxygen atoms in total. The first-order valence-electron chi connectivity index (χ1n) is 7.26. The van der Waals surface area contributed by atoms with E-state index in [1.165, 1.54) is 11.3 Å². The van der Waals surface area contributed by atoms with Crippen LogP contribution in [-0.2, 0) is 9.53 Å². The van der Waals surface area contributed by atoms with E-state index in [0.29, 0.717) is 35.2 Å². The Balaban J connectivity index is 0.00000264. The van der Waals surface area contributed by atoms with E-state index in [2.05, 4.69) is 15.6 Å². The maximum absolute atomic E-state index is 12.2. The minimum atomic E-state index is -1.37. The lowest BCUT2D eigenvalue weighted by molar-refractivity contribution is -0.138. The minimum Gasteiger partial charge on any atom is -0.462 e. The van der Waals surface area contributed by atoms with Gasteiger partial charge >= 0.3 is 5.97 Å². The molecule has 1 fully saturated rings. The monoisotopic (exact) mass is 363 g/mol. The summed E-state index contributed by atoms with van der Waals surface area (Å²) in [5.41, 5.74) is -0.786. The van der Waals surface area contributed by atoms with Crippen molar-refractivity contribution in [2.45, 2.75) is 38.8 Å². The molecule has 2 atom stereocenters. The number of nitrogens with zero attached hydrogens (tertiary/aromatic N) is 1. The molecule has 130 valence electrons. The number of aromatic nitrogens is 1. The summed E-state index contributed by atoms with van der Waals surface area (Å²) in [7, 11) is 0. The maximum atomic E-state index is 12.2. The molecule has 2 rings (SSSR count). The first-order chi connectivity index (χ1) is 10.4. The van der Waals surface area contributed by atoms with E-state index in [-0.39, 0.29) is 25.0 Å². The maximum Gasteiger partial charge on any atom is 0.350 e. The quantitative estimate of drug-likeness (QED) is 0.673. The highest BCUT2D eigenvalue weighted by atomic mass is 35.5. The Bertz CT molecular complexity index is 572. The molecule has 1 aliphatic rings. The van der Waals surface area contributed by atoms with Crippen molar-refractivity contribution in [3.8, 4) is 0 Å². The molecule has 9 heteroatoms. The van der Waals surface area contributed by atoms with E-state index >= 15 is 0 Å². The zero-order valence-corrected chi connectivity index (χ0v) is 15.0. The van der Waals surface area contributed by atoms with Gasteiger partial charge < -0.3 is 20.5 Å². The second-order valence-corrected chi connectivity index (χ2v) is 6.37. The molecule has 1 amide bonds. The highest BCUT2D eigenvalue weighted by Gasteiger charge is 2.39. The second kappa shape index (κ2) is 8.05. The van der Waals surface area contributed by atoms with E-state index < -0.39 is 17.5 Å². The van der Waals surface area contributed by atoms with E-state index in [0.717, 1.165) is 0 Å². The van der Waals surface area contributed by atoms with Gasteiger partial charge in [0.25, 0.3) is 5.91 Å². The second-order valence-electron chi connectivity index (χ2n) is 5.34. The molecule has 0 aromatic carbocycles. The number of hydrogen-bond donors (Lipinski definition) is 3. The first-order valence-corrected chi connectivity index (χ1v) is 8.07. The van der Waals surface area contributed by atoms with Crippen molar-refractivity contribution in [2.24, 2.45) is 0 Å². The smallest absolute Gasteiger partial charge is 0.350 e. The van der Waals surface area contributed by atoms with Gasteiger partial charge in [0.1, 0.15) is 9.88 Å². The van der Waals surface area contributed by atoms with E-state index in [1.54, 1.807) is 20.8 Å². The number of nitrogens with one attached hydrogen (secondary N) is 2. The van der Waals surface area contributed by atoms with Gasteiger partial charge in [0.2, 0.25) is 0 Å². The molecule has 1 aromatic rings. The summed E-state index contributed by atoms with van der Waals surface area (Å²) in [4.78, 5) is 28.7. The number of aliphatic hydroxyl groups is 1. The van der Waals surface area contributed by atoms with Crippen LogP contribution in [0.15, 0.2) is 0 Å². The zero-order valence-electron chi connectivity index (χ0n) is 13.3. The van der Waals surface area contributed by atoms with Crippen LogP contribution < -0.4 is 10.6 Å². The fourth-order valence-electron chi connectivity index (χ4n) is 2.25. The molecule has 0 spiro atoms. The van der Waals surface area contributed by atoms with Crippen LogP contribution in [0.4, 0.5) is 0 Å². The fraction of sp³-hybridized carbons (Fsp3) is 0.643. The number of β-amino-alcohol motifs (C(OH)–C–C–N with tert-alkyl or cyclic N) is 1. The lowest BCUT2D eigenvalue weighted by Gasteiger charge is -2.22. The molecular formula is C14H22ClN3O4S. The molecule has 0 radical (unpaired) electrons. The molecule has 0 saturated carbocycles. The number of esters is 1. The first kappa shape index (κ1) is 19.8. The number of rotatable bonds is 5. The largest absolute Gasteiger partial charge is 0.462 e. The fourth-order valence-corrected chi connectivity index (χ4v) is 3.22. The van der Waals surface area contributed by atoms with Crippen molar-refractivity contribution in [1.82, 2.24) is 15.6 Å². The summed E-state index contributed by atoms with van der Waals surface area (Å²) in [5.74, 6) is -0.823. The Morgan fingerprint density at radius 2 is 2.26 bits per heavy atom. The van der Waals surface area contributed by atoms with Crippen molar-refractivity contribution < 1.29 is 19.4 Å². The summed E-state index contributed by atoms with van der Waals surface area (Å²) in [6, 6.07) is -0.385. The predicted molar refractivity (Wildman–Crippen MR) is 89.0 cm³/mol. The summed E-state index contributed by atoms with van der Waals surface area (Å²) in [5, 5.41) is 16.5. The average Bonchev–Trinajstić information content (AvgIpc) is 3.06. The summed E-state index contributed by atoms with van der Waals surface area (Å²) in [6.07, 6.45) is 0.385. The van der Waals surface area contributed by atoms with Gasteiger partial charge in [-0.05, 0) is 33.7 Å². The number of carbonyl (C=O) groups excluding carboxylic acids is 2. The summed E-state index contributed by atoms with van der Waals surface area (Å²) in [6.45, 7) is 6.41. The Morgan fingerprint density at radius 3 is 2.83 bits per heavy atom. The third kappa shape index (κ3) is 4.41. The zero-order chi connectivity index (χ0) is 16.3. The van der Waals surface area contributed by atoms with Crippen LogP contribution in [0.3, 0.4) is 0 Å². The molecule has 23 heavy (non-hydrogen) atoms. The van der Waals surface area contributed by atoms with Crippen molar-refractivity contribution in [3.05, 3.63) is 15.6 Å². The van der Waals surface area contributed by atoms with E-state index in [1.807, 2.05) is 0 Å². The van der Waals surface area contributed by atoms with E-state index in [4.69, 9.17) is 4.74 Å². The van der Waals surface area contributed by atoms with Crippen molar-refractivity contribution in [3.63, 3.8) is 0 Å². The number of aryl methyl sites for hydroxylation is 1. The summed E-state index contributed by atoms with van der Waals surface area (Å²) >= 11 is 1.20. The molecule has 1 aromatic heterocycles. The molecule has 1 saturated heterocycles. The van der Waals surface area contributed by atoms with Gasteiger partial charge in [-0.1, -0.05) is 0 Å². The minimum absolute atomic E-state index is 0. The number of carbonyl (C=O) groups is 2. The molecule has 0 bridgehead atoms. The number of hydrogen-bond acceptors (Lipinski definition) is 7. The SMILES string of the molecule is CCOC(=O)c1sc(C(C)NC(=O)C2(O)CCNC2)nc1C.Cl. The topological polar surface area (TPSA) is 101 Å². The van der Waals surface area contributed by atoms with Gasteiger partial charge in [-0.25, -0.2) is 9.78 Å². The Hall–Kier alpha value is -1.22. The van der Waals surface area contributed by atoms with Crippen LogP contribution in [-0.4, -0.2) is 47.3 Å². The van der Waals surface area contributed by atoms with Gasteiger partial charge in [-0.2, -0.15) is 0 Å². The molecular weight excluding hydrogens is 342 g/mol. The lowest BCUT2D eigenvalue weighted by atomic mass is 10.0. The third-order valence-corrected chi connectivity index (χ3v) is 4.87. The predicted octanol–water partition coefficient (Wildman–Crippen LogP) is 0.952. The number of thiazole rings is 1. The average molecular weight is 364 g/mol. The van der Waals surface area contributed by atoms with Crippen molar-refractivity contribution in [2.75, 3.05) is 19.7 Å². The Labute approximate surface area is 145 Å². The Morgan fingerprint density at radius 1 is 1.57 bits per heavy atom. The lowest BCUT2D eigenvalue weighted by Crippen LogP contribution is -2.48. The normalized spacial score (nSPS) is 21.4. The molecule has 3 N–H and O–H groups in total. The molecule has 2 unspecified atom stereocenters. The highest BCUT2D eigenvalue weighted by molar-refractivity contribution is 7.13. The van der Waals surface area contributed by atoms with Crippen LogP contribution in [0.1, 0.15) is 46.7 Å². The van der Waals surface area contributed by atoms with Crippen molar-refractivity contribution in [1.29, 1.82) is 0 Å². The van der Waals surface area contributed by atoms with Crippen LogP contribution in [0, 0.1) is 6.92 Å². The van der Waals surface area contributed by atoms with Crippen LogP contribution in [0.2, 0.25) is 0 Å². The molecule has 1 aliphatic heterocycles. The Kier molecular flexibility index (Phi) is 6.94.